The third kappa shape index (κ3) is 6.14. The number of hydrazine groups is 1. The number of rotatable bonds is 8. The maximum Gasteiger partial charge on any atom is 0.279 e. The molecule has 0 aliphatic carbocycles. The fraction of sp³-hybridized carbons (Fsp3) is 0.364. The standard InChI is InChI=1S/C22H28N2O5/c1-14-7-6-8-19(15(14)2)29-16(3)22(26)24-23-21(25)12-9-17-13-18(27-4)10-11-20(17)28-5/h6-8,10-11,13,16H,9,12H2,1-5H3,(H,23,25)(H,24,26). The first-order valence-corrected chi connectivity index (χ1v) is 9.38. The van der Waals surface area contributed by atoms with E-state index in [1.165, 1.54) is 0 Å². The van der Waals surface area contributed by atoms with E-state index < -0.39 is 12.0 Å². The topological polar surface area (TPSA) is 85.9 Å². The first-order chi connectivity index (χ1) is 13.8. The van der Waals surface area contributed by atoms with Crippen molar-refractivity contribution in [2.24, 2.45) is 0 Å². The molecule has 0 aromatic heterocycles. The number of hydrogen-bond acceptors (Lipinski definition) is 5. The molecule has 1 unspecified atom stereocenters. The Balaban J connectivity index is 1.84. The number of carbonyl (C=O) groups is 2. The molecular formula is C22H28N2O5. The average Bonchev–Trinajstić information content (AvgIpc) is 2.73. The van der Waals surface area contributed by atoms with Gasteiger partial charge in [-0.05, 0) is 68.1 Å². The molecule has 2 rings (SSSR count). The highest BCUT2D eigenvalue weighted by atomic mass is 16.5. The average molecular weight is 400 g/mol. The minimum absolute atomic E-state index is 0.177. The second kappa shape index (κ2) is 10.4. The number of aryl methyl sites for hydroxylation is 2. The fourth-order valence-corrected chi connectivity index (χ4v) is 2.72. The normalized spacial score (nSPS) is 11.3. The van der Waals surface area contributed by atoms with Crippen molar-refractivity contribution in [1.82, 2.24) is 10.9 Å². The highest BCUT2D eigenvalue weighted by Gasteiger charge is 2.17. The van der Waals surface area contributed by atoms with Gasteiger partial charge in [0.1, 0.15) is 17.2 Å². The summed E-state index contributed by atoms with van der Waals surface area (Å²) in [6, 6.07) is 11.1. The molecule has 7 heteroatoms. The zero-order valence-electron chi connectivity index (χ0n) is 17.5. The molecule has 2 amide bonds. The SMILES string of the molecule is COc1ccc(OC)c(CCC(=O)NNC(=O)C(C)Oc2cccc(C)c2C)c1. The number of hydrogen-bond donors (Lipinski definition) is 2. The zero-order valence-corrected chi connectivity index (χ0v) is 17.5. The molecule has 0 heterocycles. The lowest BCUT2D eigenvalue weighted by molar-refractivity contribution is -0.132. The molecule has 0 aliphatic rings. The zero-order chi connectivity index (χ0) is 21.4. The minimum atomic E-state index is -0.755. The summed E-state index contributed by atoms with van der Waals surface area (Å²) in [7, 11) is 3.15. The van der Waals surface area contributed by atoms with Gasteiger partial charge in [0.05, 0.1) is 14.2 Å². The van der Waals surface area contributed by atoms with Crippen LogP contribution in [0.25, 0.3) is 0 Å². The third-order valence-electron chi connectivity index (χ3n) is 4.66. The fourth-order valence-electron chi connectivity index (χ4n) is 2.72. The van der Waals surface area contributed by atoms with Gasteiger partial charge in [-0.1, -0.05) is 12.1 Å². The van der Waals surface area contributed by atoms with E-state index >= 15 is 0 Å². The van der Waals surface area contributed by atoms with Crippen LogP contribution in [-0.2, 0) is 16.0 Å². The van der Waals surface area contributed by atoms with Crippen molar-refractivity contribution >= 4 is 11.8 Å². The summed E-state index contributed by atoms with van der Waals surface area (Å²) in [5, 5.41) is 0. The van der Waals surface area contributed by atoms with Gasteiger partial charge in [-0.3, -0.25) is 20.4 Å². The van der Waals surface area contributed by atoms with Gasteiger partial charge >= 0.3 is 0 Å². The first kappa shape index (κ1) is 22.1. The molecule has 1 atom stereocenters. The maximum absolute atomic E-state index is 12.2. The van der Waals surface area contributed by atoms with E-state index in [-0.39, 0.29) is 12.3 Å². The number of carbonyl (C=O) groups excluding carboxylic acids is 2. The van der Waals surface area contributed by atoms with Crippen LogP contribution >= 0.6 is 0 Å². The molecule has 0 saturated carbocycles. The van der Waals surface area contributed by atoms with Crippen molar-refractivity contribution in [3.63, 3.8) is 0 Å². The predicted octanol–water partition coefficient (Wildman–Crippen LogP) is 2.87. The summed E-state index contributed by atoms with van der Waals surface area (Å²) in [6.45, 7) is 5.54. The lowest BCUT2D eigenvalue weighted by Crippen LogP contribution is -2.47. The van der Waals surface area contributed by atoms with Crippen LogP contribution in [0.4, 0.5) is 0 Å². The van der Waals surface area contributed by atoms with Crippen LogP contribution in [0, 0.1) is 13.8 Å². The van der Waals surface area contributed by atoms with Gasteiger partial charge in [0.2, 0.25) is 5.91 Å². The van der Waals surface area contributed by atoms with E-state index in [9.17, 15) is 9.59 Å². The van der Waals surface area contributed by atoms with Crippen LogP contribution in [0.2, 0.25) is 0 Å². The Morgan fingerprint density at radius 1 is 1.00 bits per heavy atom. The maximum atomic E-state index is 12.2. The van der Waals surface area contributed by atoms with Crippen molar-refractivity contribution in [3.8, 4) is 17.2 Å². The monoisotopic (exact) mass is 400 g/mol. The van der Waals surface area contributed by atoms with E-state index in [1.54, 1.807) is 33.3 Å². The molecule has 156 valence electrons. The van der Waals surface area contributed by atoms with Crippen molar-refractivity contribution < 1.29 is 23.8 Å². The molecule has 7 nitrogen and oxygen atoms in total. The Morgan fingerprint density at radius 2 is 1.76 bits per heavy atom. The summed E-state index contributed by atoms with van der Waals surface area (Å²) in [5.41, 5.74) is 7.73. The predicted molar refractivity (Wildman–Crippen MR) is 110 cm³/mol. The van der Waals surface area contributed by atoms with E-state index in [2.05, 4.69) is 10.9 Å². The van der Waals surface area contributed by atoms with Crippen molar-refractivity contribution in [3.05, 3.63) is 53.1 Å². The minimum Gasteiger partial charge on any atom is -0.497 e. The van der Waals surface area contributed by atoms with E-state index in [0.29, 0.717) is 23.7 Å². The van der Waals surface area contributed by atoms with Gasteiger partial charge in [0, 0.05) is 6.42 Å². The van der Waals surface area contributed by atoms with E-state index in [1.807, 2.05) is 38.1 Å². The number of ether oxygens (including phenoxy) is 3. The lowest BCUT2D eigenvalue weighted by atomic mass is 10.1. The number of benzene rings is 2. The smallest absolute Gasteiger partial charge is 0.279 e. The molecule has 2 N–H and O–H groups in total. The largest absolute Gasteiger partial charge is 0.497 e. The van der Waals surface area contributed by atoms with Crippen LogP contribution < -0.4 is 25.1 Å². The highest BCUT2D eigenvalue weighted by Crippen LogP contribution is 2.25. The molecular weight excluding hydrogens is 372 g/mol. The van der Waals surface area contributed by atoms with Crippen LogP contribution in [0.3, 0.4) is 0 Å². The molecule has 2 aromatic rings. The Hall–Kier alpha value is -3.22. The van der Waals surface area contributed by atoms with E-state index in [4.69, 9.17) is 14.2 Å². The van der Waals surface area contributed by atoms with E-state index in [0.717, 1.165) is 16.7 Å². The van der Waals surface area contributed by atoms with Crippen LogP contribution in [-0.4, -0.2) is 32.1 Å². The van der Waals surface area contributed by atoms with Gasteiger partial charge < -0.3 is 14.2 Å². The number of nitrogens with one attached hydrogen (secondary N) is 2. The molecule has 2 aromatic carbocycles. The van der Waals surface area contributed by atoms with Crippen molar-refractivity contribution in [2.45, 2.75) is 39.7 Å². The van der Waals surface area contributed by atoms with Gasteiger partial charge in [-0.2, -0.15) is 0 Å². The Morgan fingerprint density at radius 3 is 2.45 bits per heavy atom. The third-order valence-corrected chi connectivity index (χ3v) is 4.66. The molecule has 0 bridgehead atoms. The van der Waals surface area contributed by atoms with Crippen LogP contribution in [0.15, 0.2) is 36.4 Å². The second-order valence-electron chi connectivity index (χ2n) is 6.67. The number of methoxy groups -OCH3 is 2. The quantitative estimate of drug-likeness (QED) is 0.666. The summed E-state index contributed by atoms with van der Waals surface area (Å²) < 4.78 is 16.2. The van der Waals surface area contributed by atoms with Crippen LogP contribution in [0.1, 0.15) is 30.0 Å². The van der Waals surface area contributed by atoms with Gasteiger partial charge in [-0.15, -0.1) is 0 Å². The molecule has 0 aliphatic heterocycles. The van der Waals surface area contributed by atoms with Gasteiger partial charge in [0.25, 0.3) is 5.91 Å². The van der Waals surface area contributed by atoms with Crippen LogP contribution in [0.5, 0.6) is 17.2 Å². The Kier molecular flexibility index (Phi) is 7.88. The molecule has 29 heavy (non-hydrogen) atoms. The Bertz CT molecular complexity index is 866. The summed E-state index contributed by atoms with van der Waals surface area (Å²) in [4.78, 5) is 24.3. The van der Waals surface area contributed by atoms with Crippen molar-refractivity contribution in [1.29, 1.82) is 0 Å². The Labute approximate surface area is 171 Å². The van der Waals surface area contributed by atoms with Crippen molar-refractivity contribution in [2.75, 3.05) is 14.2 Å². The summed E-state index contributed by atoms with van der Waals surface area (Å²) in [5.74, 6) is 1.26. The molecule has 0 radical (unpaired) electrons. The van der Waals surface area contributed by atoms with Gasteiger partial charge in [0.15, 0.2) is 6.10 Å². The first-order valence-electron chi connectivity index (χ1n) is 9.38. The summed E-state index contributed by atoms with van der Waals surface area (Å²) >= 11 is 0. The summed E-state index contributed by atoms with van der Waals surface area (Å²) in [6.07, 6.45) is -0.138. The highest BCUT2D eigenvalue weighted by molar-refractivity contribution is 5.84. The molecule has 0 spiro atoms. The number of amides is 2. The molecule has 0 saturated heterocycles. The lowest BCUT2D eigenvalue weighted by Gasteiger charge is -2.17. The van der Waals surface area contributed by atoms with Gasteiger partial charge in [-0.25, -0.2) is 0 Å². The second-order valence-corrected chi connectivity index (χ2v) is 6.67. The molecule has 0 fully saturated rings.